The number of sulfonamides is 1. The van der Waals surface area contributed by atoms with Crippen molar-refractivity contribution in [1.82, 2.24) is 4.31 Å². The minimum Gasteiger partial charge on any atom is -0.495 e. The lowest BCUT2D eigenvalue weighted by Gasteiger charge is -2.32. The van der Waals surface area contributed by atoms with E-state index >= 15 is 0 Å². The summed E-state index contributed by atoms with van der Waals surface area (Å²) in [4.78, 5) is 27.2. The molecule has 0 spiro atoms. The molecule has 1 saturated heterocycles. The maximum Gasteiger partial charge on any atom is 0.244 e. The first-order valence-electron chi connectivity index (χ1n) is 11.7. The highest BCUT2D eigenvalue weighted by Gasteiger charge is 2.36. The number of fused-ring (bicyclic) bond motifs is 1. The second kappa shape index (κ2) is 10.3. The van der Waals surface area contributed by atoms with Crippen LogP contribution in [0.1, 0.15) is 37.3 Å². The molecule has 0 aliphatic carbocycles. The van der Waals surface area contributed by atoms with E-state index in [1.807, 2.05) is 19.1 Å². The monoisotopic (exact) mass is 563 g/mol. The molecule has 0 aromatic heterocycles. The Labute approximate surface area is 214 Å². The SMILES string of the molecule is CCC(=O)N1CCc2cc(Br)c(S(=O)(=O)N3CCC[C@@H](C(=O)Nc4cc(C)ccc4OC)C3)cc21. The van der Waals surface area contributed by atoms with Crippen LogP contribution in [0, 0.1) is 12.8 Å². The number of nitrogens with zero attached hydrogens (tertiary/aromatic N) is 2. The quantitative estimate of drug-likeness (QED) is 0.570. The molecule has 0 radical (unpaired) electrons. The molecule has 10 heteroatoms. The number of ether oxygens (including phenoxy) is 1. The summed E-state index contributed by atoms with van der Waals surface area (Å²) in [5.41, 5.74) is 3.14. The van der Waals surface area contributed by atoms with Gasteiger partial charge in [0.05, 0.1) is 23.6 Å². The maximum atomic E-state index is 13.7. The molecule has 0 saturated carbocycles. The Kier molecular flexibility index (Phi) is 7.54. The Hall–Kier alpha value is -2.43. The number of methoxy groups -OCH3 is 1. The predicted molar refractivity (Wildman–Crippen MR) is 138 cm³/mol. The van der Waals surface area contributed by atoms with Crippen LogP contribution < -0.4 is 15.0 Å². The molecule has 2 aromatic carbocycles. The third kappa shape index (κ3) is 5.10. The van der Waals surface area contributed by atoms with Gasteiger partial charge in [-0.2, -0.15) is 4.31 Å². The van der Waals surface area contributed by atoms with Crippen molar-refractivity contribution in [2.24, 2.45) is 5.92 Å². The van der Waals surface area contributed by atoms with Crippen LogP contribution in [0.4, 0.5) is 11.4 Å². The van der Waals surface area contributed by atoms with Crippen LogP contribution in [0.3, 0.4) is 0 Å². The zero-order valence-electron chi connectivity index (χ0n) is 20.1. The number of carbonyl (C=O) groups is 2. The molecule has 2 heterocycles. The molecule has 2 aliphatic heterocycles. The average molecular weight is 565 g/mol. The summed E-state index contributed by atoms with van der Waals surface area (Å²) in [7, 11) is -2.34. The van der Waals surface area contributed by atoms with E-state index in [0.717, 1.165) is 11.1 Å². The third-order valence-electron chi connectivity index (χ3n) is 6.62. The number of halogens is 1. The predicted octanol–water partition coefficient (Wildman–Crippen LogP) is 4.10. The first kappa shape index (κ1) is 25.7. The average Bonchev–Trinajstić information content (AvgIpc) is 3.26. The van der Waals surface area contributed by atoms with E-state index in [-0.39, 0.29) is 23.3 Å². The van der Waals surface area contributed by atoms with Crippen LogP contribution in [0.5, 0.6) is 5.75 Å². The Morgan fingerprint density at radius 2 is 1.97 bits per heavy atom. The molecule has 188 valence electrons. The fourth-order valence-corrected chi connectivity index (χ4v) is 7.30. The minimum atomic E-state index is -3.89. The van der Waals surface area contributed by atoms with Crippen molar-refractivity contribution >= 4 is 49.1 Å². The molecular formula is C25H30BrN3O5S. The van der Waals surface area contributed by atoms with Crippen LogP contribution in [0.2, 0.25) is 0 Å². The summed E-state index contributed by atoms with van der Waals surface area (Å²) in [5.74, 6) is -0.204. The van der Waals surface area contributed by atoms with Gasteiger partial charge in [0.15, 0.2) is 0 Å². The number of hydrogen-bond donors (Lipinski definition) is 1. The number of amides is 2. The zero-order chi connectivity index (χ0) is 25.3. The number of hydrogen-bond acceptors (Lipinski definition) is 5. The Morgan fingerprint density at radius 1 is 1.20 bits per heavy atom. The Balaban J connectivity index is 1.56. The largest absolute Gasteiger partial charge is 0.495 e. The summed E-state index contributed by atoms with van der Waals surface area (Å²) in [6.45, 7) is 4.69. The van der Waals surface area contributed by atoms with E-state index in [1.165, 1.54) is 4.31 Å². The molecule has 35 heavy (non-hydrogen) atoms. The van der Waals surface area contributed by atoms with Crippen molar-refractivity contribution < 1.29 is 22.7 Å². The maximum absolute atomic E-state index is 13.7. The number of carbonyl (C=O) groups excluding carboxylic acids is 2. The highest BCUT2D eigenvalue weighted by molar-refractivity contribution is 9.10. The van der Waals surface area contributed by atoms with Gasteiger partial charge in [0.1, 0.15) is 5.75 Å². The topological polar surface area (TPSA) is 96.0 Å². The summed E-state index contributed by atoms with van der Waals surface area (Å²) in [5, 5.41) is 2.91. The highest BCUT2D eigenvalue weighted by Crippen LogP contribution is 2.38. The second-order valence-electron chi connectivity index (χ2n) is 8.96. The molecular weight excluding hydrogens is 534 g/mol. The first-order chi connectivity index (χ1) is 16.6. The smallest absolute Gasteiger partial charge is 0.244 e. The van der Waals surface area contributed by atoms with E-state index in [4.69, 9.17) is 4.74 Å². The lowest BCUT2D eigenvalue weighted by Crippen LogP contribution is -2.43. The van der Waals surface area contributed by atoms with Gasteiger partial charge in [-0.15, -0.1) is 0 Å². The van der Waals surface area contributed by atoms with Crippen molar-refractivity contribution in [1.29, 1.82) is 0 Å². The summed E-state index contributed by atoms with van der Waals surface area (Å²) in [6.07, 6.45) is 2.21. The fraction of sp³-hybridized carbons (Fsp3) is 0.440. The lowest BCUT2D eigenvalue weighted by molar-refractivity contribution is -0.121. The van der Waals surface area contributed by atoms with Gasteiger partial charge in [0, 0.05) is 36.2 Å². The Morgan fingerprint density at radius 3 is 2.69 bits per heavy atom. The number of rotatable bonds is 6. The van der Waals surface area contributed by atoms with Crippen molar-refractivity contribution in [3.8, 4) is 5.75 Å². The number of benzene rings is 2. The van der Waals surface area contributed by atoms with Gasteiger partial charge in [-0.05, 0) is 77.5 Å². The van der Waals surface area contributed by atoms with Crippen LogP contribution in [0.15, 0.2) is 39.7 Å². The van der Waals surface area contributed by atoms with E-state index in [0.29, 0.717) is 60.4 Å². The van der Waals surface area contributed by atoms with Gasteiger partial charge in [-0.1, -0.05) is 13.0 Å². The molecule has 4 rings (SSSR count). The summed E-state index contributed by atoms with van der Waals surface area (Å²) < 4.78 is 34.5. The molecule has 1 N–H and O–H groups in total. The lowest BCUT2D eigenvalue weighted by atomic mass is 9.98. The zero-order valence-corrected chi connectivity index (χ0v) is 22.5. The molecule has 1 fully saturated rings. The summed E-state index contributed by atoms with van der Waals surface area (Å²) in [6, 6.07) is 8.91. The van der Waals surface area contributed by atoms with Crippen LogP contribution in [-0.2, 0) is 26.0 Å². The van der Waals surface area contributed by atoms with Gasteiger partial charge >= 0.3 is 0 Å². The minimum absolute atomic E-state index is 0.0318. The molecule has 2 aromatic rings. The normalized spacial score (nSPS) is 18.3. The van der Waals surface area contributed by atoms with Crippen LogP contribution in [-0.4, -0.2) is 51.3 Å². The van der Waals surface area contributed by atoms with Crippen molar-refractivity contribution in [2.45, 2.75) is 44.4 Å². The van der Waals surface area contributed by atoms with Gasteiger partial charge < -0.3 is 15.0 Å². The fourth-order valence-electron chi connectivity index (χ4n) is 4.70. The number of piperidine rings is 1. The van der Waals surface area contributed by atoms with E-state index < -0.39 is 15.9 Å². The van der Waals surface area contributed by atoms with E-state index in [9.17, 15) is 18.0 Å². The molecule has 2 aliphatic rings. The Bertz CT molecular complexity index is 1260. The van der Waals surface area contributed by atoms with Crippen molar-refractivity contribution in [3.05, 3.63) is 45.9 Å². The first-order valence-corrected chi connectivity index (χ1v) is 14.0. The number of aryl methyl sites for hydroxylation is 1. The van der Waals surface area contributed by atoms with Crippen LogP contribution >= 0.6 is 15.9 Å². The van der Waals surface area contributed by atoms with E-state index in [1.54, 1.807) is 37.1 Å². The van der Waals surface area contributed by atoms with Crippen molar-refractivity contribution in [3.63, 3.8) is 0 Å². The summed E-state index contributed by atoms with van der Waals surface area (Å²) >= 11 is 3.43. The molecule has 8 nitrogen and oxygen atoms in total. The molecule has 1 atom stereocenters. The van der Waals surface area contributed by atoms with E-state index in [2.05, 4.69) is 21.2 Å². The number of anilines is 2. The van der Waals surface area contributed by atoms with Gasteiger partial charge in [0.2, 0.25) is 21.8 Å². The highest BCUT2D eigenvalue weighted by atomic mass is 79.9. The molecule has 0 bridgehead atoms. The molecule has 0 unspecified atom stereocenters. The standard InChI is InChI=1S/C25H30BrN3O5S/c1-4-24(30)29-11-9-17-13-19(26)23(14-21(17)29)35(32,33)28-10-5-6-18(15-28)25(31)27-20-12-16(2)7-8-22(20)34-3/h7-8,12-14,18H,4-6,9-11,15H2,1-3H3,(H,27,31)/t18-/m1/s1. The van der Waals surface area contributed by atoms with Crippen molar-refractivity contribution in [2.75, 3.05) is 37.0 Å². The molecule has 2 amide bonds. The van der Waals surface area contributed by atoms with Crippen LogP contribution in [0.25, 0.3) is 0 Å². The third-order valence-corrected chi connectivity index (χ3v) is 9.44. The van der Waals surface area contributed by atoms with Gasteiger partial charge in [-0.25, -0.2) is 8.42 Å². The van der Waals surface area contributed by atoms with Gasteiger partial charge in [-0.3, -0.25) is 9.59 Å². The number of nitrogens with one attached hydrogen (secondary N) is 1. The second-order valence-corrected chi connectivity index (χ2v) is 11.7. The van der Waals surface area contributed by atoms with Gasteiger partial charge in [0.25, 0.3) is 0 Å².